The van der Waals surface area contributed by atoms with Gasteiger partial charge in [0.1, 0.15) is 12.1 Å². The minimum Gasteiger partial charge on any atom is -0.480 e. The normalized spacial score (nSPS) is 13.4. The van der Waals surface area contributed by atoms with Crippen LogP contribution in [0.5, 0.6) is 0 Å². The molecule has 14 heteroatoms. The fourth-order valence-corrected chi connectivity index (χ4v) is 1.98. The average molecular weight is 418 g/mol. The fourth-order valence-electron chi connectivity index (χ4n) is 1.98. The number of carboxylic acids is 1. The fraction of sp³-hybridized carbons (Fsp3) is 0.600. The Bertz CT molecular complexity index is 640. The van der Waals surface area contributed by atoms with Gasteiger partial charge in [0.25, 0.3) is 0 Å². The second kappa shape index (κ2) is 13.0. The lowest BCUT2D eigenvalue weighted by Gasteiger charge is -2.20. The van der Waals surface area contributed by atoms with Gasteiger partial charge in [-0.2, -0.15) is 0 Å². The van der Waals surface area contributed by atoms with Gasteiger partial charge in [-0.25, -0.2) is 4.79 Å². The number of amides is 5. The topological polar surface area (TPSA) is 257 Å². The van der Waals surface area contributed by atoms with Gasteiger partial charge in [-0.1, -0.05) is 0 Å². The number of aliphatic hydroxyl groups is 1. The molecule has 29 heavy (non-hydrogen) atoms. The third-order valence-electron chi connectivity index (χ3n) is 3.59. The molecule has 0 aliphatic rings. The van der Waals surface area contributed by atoms with Gasteiger partial charge >= 0.3 is 5.97 Å². The van der Waals surface area contributed by atoms with Crippen molar-refractivity contribution in [2.24, 2.45) is 17.2 Å². The van der Waals surface area contributed by atoms with E-state index in [9.17, 15) is 33.9 Å². The number of nitrogens with two attached hydrogens (primary N) is 3. The molecule has 0 bridgehead atoms. The molecule has 0 saturated heterocycles. The molecule has 11 N–H and O–H groups in total. The summed E-state index contributed by atoms with van der Waals surface area (Å²) in [5.74, 6) is -5.44. The number of rotatable bonds is 14. The van der Waals surface area contributed by atoms with Crippen LogP contribution < -0.4 is 33.2 Å². The molecule has 0 fully saturated rings. The minimum atomic E-state index is -1.50. The maximum atomic E-state index is 12.0. The minimum absolute atomic E-state index is 0.0215. The summed E-state index contributed by atoms with van der Waals surface area (Å²) >= 11 is 0. The molecule has 164 valence electrons. The van der Waals surface area contributed by atoms with Crippen LogP contribution >= 0.6 is 0 Å². The molecule has 0 aliphatic carbocycles. The lowest BCUT2D eigenvalue weighted by molar-refractivity contribution is -0.142. The number of aliphatic carboxylic acids is 1. The zero-order valence-corrected chi connectivity index (χ0v) is 15.6. The van der Waals surface area contributed by atoms with E-state index in [2.05, 4.69) is 16.0 Å². The Kier molecular flexibility index (Phi) is 11.5. The smallest absolute Gasteiger partial charge is 0.326 e. The van der Waals surface area contributed by atoms with E-state index in [-0.39, 0.29) is 25.7 Å². The molecule has 0 aromatic carbocycles. The van der Waals surface area contributed by atoms with E-state index >= 15 is 0 Å². The predicted octanol–water partition coefficient (Wildman–Crippen LogP) is -4.99. The predicted molar refractivity (Wildman–Crippen MR) is 96.4 cm³/mol. The summed E-state index contributed by atoms with van der Waals surface area (Å²) in [5.41, 5.74) is 15.4. The Morgan fingerprint density at radius 3 is 1.86 bits per heavy atom. The number of carbonyl (C=O) groups excluding carboxylic acids is 5. The van der Waals surface area contributed by atoms with E-state index in [1.165, 1.54) is 0 Å². The number of primary amides is 2. The highest BCUT2D eigenvalue weighted by Gasteiger charge is 2.26. The first-order valence-corrected chi connectivity index (χ1v) is 8.51. The van der Waals surface area contributed by atoms with Crippen molar-refractivity contribution in [1.82, 2.24) is 16.0 Å². The highest BCUT2D eigenvalue weighted by Crippen LogP contribution is 1.99. The second-order valence-electron chi connectivity index (χ2n) is 6.04. The summed E-state index contributed by atoms with van der Waals surface area (Å²) in [6, 6.07) is -4.03. The molecule has 0 rings (SSSR count). The number of aliphatic hydroxyl groups excluding tert-OH is 1. The molecule has 0 heterocycles. The van der Waals surface area contributed by atoms with Crippen molar-refractivity contribution < 1.29 is 39.0 Å². The first kappa shape index (κ1) is 25.7. The molecule has 0 radical (unpaired) electrons. The quantitative estimate of drug-likeness (QED) is 0.134. The Hall–Kier alpha value is -3.26. The Morgan fingerprint density at radius 2 is 1.38 bits per heavy atom. The molecule has 3 unspecified atom stereocenters. The van der Waals surface area contributed by atoms with Crippen LogP contribution in [0, 0.1) is 0 Å². The van der Waals surface area contributed by atoms with E-state index < -0.39 is 66.8 Å². The molecule has 0 saturated carbocycles. The van der Waals surface area contributed by atoms with Gasteiger partial charge in [0.05, 0.1) is 19.2 Å². The molecular weight excluding hydrogens is 392 g/mol. The van der Waals surface area contributed by atoms with Crippen LogP contribution in [-0.2, 0) is 28.8 Å². The Labute approximate surface area is 165 Å². The highest BCUT2D eigenvalue weighted by molar-refractivity contribution is 5.92. The largest absolute Gasteiger partial charge is 0.480 e. The molecule has 3 atom stereocenters. The van der Waals surface area contributed by atoms with Crippen molar-refractivity contribution in [3.05, 3.63) is 0 Å². The molecule has 5 amide bonds. The van der Waals surface area contributed by atoms with Crippen LogP contribution in [0.3, 0.4) is 0 Å². The van der Waals surface area contributed by atoms with Gasteiger partial charge in [-0.3, -0.25) is 24.0 Å². The van der Waals surface area contributed by atoms with E-state index in [0.29, 0.717) is 0 Å². The zero-order chi connectivity index (χ0) is 22.6. The average Bonchev–Trinajstić information content (AvgIpc) is 2.64. The summed E-state index contributed by atoms with van der Waals surface area (Å²) in [6.07, 6.45) is -0.711. The highest BCUT2D eigenvalue weighted by atomic mass is 16.4. The van der Waals surface area contributed by atoms with Crippen LogP contribution in [0.1, 0.15) is 25.7 Å². The number of hydrogen-bond acceptors (Lipinski definition) is 8. The number of carboxylic acid groups (broad SMARTS) is 1. The Morgan fingerprint density at radius 1 is 0.828 bits per heavy atom. The van der Waals surface area contributed by atoms with Gasteiger partial charge in [0, 0.05) is 12.8 Å². The first-order valence-electron chi connectivity index (χ1n) is 8.51. The van der Waals surface area contributed by atoms with Gasteiger partial charge in [-0.05, 0) is 12.8 Å². The van der Waals surface area contributed by atoms with Crippen molar-refractivity contribution in [2.75, 3.05) is 13.2 Å². The Balaban J connectivity index is 4.59. The summed E-state index contributed by atoms with van der Waals surface area (Å²) in [7, 11) is 0. The van der Waals surface area contributed by atoms with E-state index in [4.69, 9.17) is 22.3 Å². The molecule has 0 aromatic heterocycles. The maximum absolute atomic E-state index is 12.0. The molecule has 0 spiro atoms. The first-order chi connectivity index (χ1) is 13.5. The van der Waals surface area contributed by atoms with Crippen molar-refractivity contribution in [3.63, 3.8) is 0 Å². The van der Waals surface area contributed by atoms with Gasteiger partial charge in [-0.15, -0.1) is 0 Å². The second-order valence-corrected chi connectivity index (χ2v) is 6.04. The van der Waals surface area contributed by atoms with Crippen LogP contribution in [0.15, 0.2) is 0 Å². The van der Waals surface area contributed by atoms with Crippen LogP contribution in [-0.4, -0.2) is 77.0 Å². The third-order valence-corrected chi connectivity index (χ3v) is 3.59. The summed E-state index contributed by atoms with van der Waals surface area (Å²) < 4.78 is 0. The molecular formula is C15H26N6O8. The van der Waals surface area contributed by atoms with Crippen LogP contribution in [0.2, 0.25) is 0 Å². The standard InChI is InChI=1S/C15H26N6O8/c16-7(1-3-10(17)23)13(26)19-5-12(25)20-9(6-22)14(27)21-8(15(28)29)2-4-11(18)24/h7-9,22H,1-6,16H2,(H2,17,23)(H2,18,24)(H,19,26)(H,20,25)(H,21,27)(H,28,29). The van der Waals surface area contributed by atoms with E-state index in [0.717, 1.165) is 0 Å². The maximum Gasteiger partial charge on any atom is 0.326 e. The molecule has 0 aliphatic heterocycles. The van der Waals surface area contributed by atoms with Crippen molar-refractivity contribution >= 4 is 35.5 Å². The number of nitrogens with one attached hydrogen (secondary N) is 3. The van der Waals surface area contributed by atoms with Gasteiger partial charge in [0.2, 0.25) is 29.5 Å². The van der Waals surface area contributed by atoms with E-state index in [1.54, 1.807) is 0 Å². The summed E-state index contributed by atoms with van der Waals surface area (Å²) in [5, 5.41) is 24.6. The van der Waals surface area contributed by atoms with Crippen molar-refractivity contribution in [2.45, 2.75) is 43.8 Å². The van der Waals surface area contributed by atoms with Gasteiger partial charge in [0.15, 0.2) is 0 Å². The van der Waals surface area contributed by atoms with Crippen molar-refractivity contribution in [3.8, 4) is 0 Å². The monoisotopic (exact) mass is 418 g/mol. The zero-order valence-electron chi connectivity index (χ0n) is 15.6. The SMILES string of the molecule is NC(=O)CCC(N)C(=O)NCC(=O)NC(CO)C(=O)NC(CCC(N)=O)C(=O)O. The molecule has 0 aromatic rings. The third kappa shape index (κ3) is 11.2. The van der Waals surface area contributed by atoms with Gasteiger partial charge < -0.3 is 43.4 Å². The lowest BCUT2D eigenvalue weighted by atomic mass is 10.1. The lowest BCUT2D eigenvalue weighted by Crippen LogP contribution is -2.55. The summed E-state index contributed by atoms with van der Waals surface area (Å²) in [4.78, 5) is 68.1. The summed E-state index contributed by atoms with van der Waals surface area (Å²) in [6.45, 7) is -1.44. The van der Waals surface area contributed by atoms with Crippen molar-refractivity contribution in [1.29, 1.82) is 0 Å². The van der Waals surface area contributed by atoms with Crippen LogP contribution in [0.4, 0.5) is 0 Å². The number of hydrogen-bond donors (Lipinski definition) is 8. The number of carbonyl (C=O) groups is 6. The van der Waals surface area contributed by atoms with Crippen LogP contribution in [0.25, 0.3) is 0 Å². The molecule has 14 nitrogen and oxygen atoms in total. The van der Waals surface area contributed by atoms with E-state index in [1.807, 2.05) is 0 Å².